The molecule has 9 nitrogen and oxygen atoms in total. The van der Waals surface area contributed by atoms with Crippen molar-refractivity contribution >= 4 is 45.9 Å². The number of aromatic nitrogens is 2. The van der Waals surface area contributed by atoms with Gasteiger partial charge in [0.15, 0.2) is 17.2 Å². The summed E-state index contributed by atoms with van der Waals surface area (Å²) in [7, 11) is 0. The van der Waals surface area contributed by atoms with E-state index in [1.54, 1.807) is 36.4 Å². The van der Waals surface area contributed by atoms with Crippen molar-refractivity contribution in [2.45, 2.75) is 6.61 Å². The third-order valence-corrected chi connectivity index (χ3v) is 5.84. The van der Waals surface area contributed by atoms with Gasteiger partial charge in [-0.1, -0.05) is 29.8 Å². The molecule has 0 aliphatic rings. The largest absolute Gasteiger partial charge is 0.489 e. The van der Waals surface area contributed by atoms with Crippen molar-refractivity contribution in [1.82, 2.24) is 10.3 Å². The Balaban J connectivity index is 1.57. The Kier molecular flexibility index (Phi) is 5.74. The van der Waals surface area contributed by atoms with E-state index >= 15 is 0 Å². The minimum atomic E-state index is -1.26. The third-order valence-electron chi connectivity index (χ3n) is 4.16. The summed E-state index contributed by atoms with van der Waals surface area (Å²) in [6, 6.07) is 12.4. The van der Waals surface area contributed by atoms with Gasteiger partial charge in [0.05, 0.1) is 4.88 Å². The van der Waals surface area contributed by atoms with Crippen molar-refractivity contribution in [3.63, 3.8) is 0 Å². The van der Waals surface area contributed by atoms with Crippen molar-refractivity contribution in [3.8, 4) is 21.9 Å². The van der Waals surface area contributed by atoms with Gasteiger partial charge < -0.3 is 19.7 Å². The number of benzene rings is 2. The van der Waals surface area contributed by atoms with Gasteiger partial charge in [-0.2, -0.15) is 0 Å². The number of carbonyl (C=O) groups is 2. The molecule has 4 aromatic rings. The van der Waals surface area contributed by atoms with Crippen LogP contribution in [0, 0.1) is 0 Å². The first-order chi connectivity index (χ1) is 14.9. The zero-order chi connectivity index (χ0) is 22.0. The highest BCUT2D eigenvalue weighted by Gasteiger charge is 2.24. The Morgan fingerprint density at radius 1 is 1.06 bits per heavy atom. The summed E-state index contributed by atoms with van der Waals surface area (Å²) in [6.45, 7) is -0.442. The number of nitrogens with zero attached hydrogens (tertiary/aromatic N) is 2. The second-order valence-electron chi connectivity index (χ2n) is 6.29. The summed E-state index contributed by atoms with van der Waals surface area (Å²) < 4.78 is 15.6. The number of fused-ring (bicyclic) bond motifs is 1. The number of hydrogen-bond donors (Lipinski definition) is 2. The van der Waals surface area contributed by atoms with Gasteiger partial charge >= 0.3 is 11.9 Å². The van der Waals surface area contributed by atoms with Crippen LogP contribution in [0.4, 0.5) is 0 Å². The Hall–Kier alpha value is -3.63. The lowest BCUT2D eigenvalue weighted by Gasteiger charge is -2.08. The van der Waals surface area contributed by atoms with E-state index in [2.05, 4.69) is 14.9 Å². The fourth-order valence-electron chi connectivity index (χ4n) is 2.80. The average molecular weight is 461 g/mol. The van der Waals surface area contributed by atoms with E-state index in [9.17, 15) is 14.7 Å². The maximum atomic E-state index is 11.5. The van der Waals surface area contributed by atoms with E-state index in [0.717, 1.165) is 16.9 Å². The van der Waals surface area contributed by atoms with Gasteiger partial charge in [0.25, 0.3) is 0 Å². The molecule has 0 amide bonds. The van der Waals surface area contributed by atoms with Crippen molar-refractivity contribution in [2.24, 2.45) is 0 Å². The van der Waals surface area contributed by atoms with Crippen molar-refractivity contribution in [3.05, 3.63) is 57.9 Å². The smallest absolute Gasteiger partial charge is 0.349 e. The maximum absolute atomic E-state index is 11.5. The molecule has 2 aromatic heterocycles. The highest BCUT2D eigenvalue weighted by Crippen LogP contribution is 2.46. The number of rotatable bonds is 8. The number of ether oxygens (including phenoxy) is 2. The molecule has 11 heteroatoms. The lowest BCUT2D eigenvalue weighted by molar-refractivity contribution is -0.139. The lowest BCUT2D eigenvalue weighted by Crippen LogP contribution is -2.10. The Morgan fingerprint density at radius 2 is 1.87 bits per heavy atom. The highest BCUT2D eigenvalue weighted by atomic mass is 35.5. The van der Waals surface area contributed by atoms with Crippen LogP contribution in [0.15, 0.2) is 47.1 Å². The predicted octanol–water partition coefficient (Wildman–Crippen LogP) is 4.35. The quantitative estimate of drug-likeness (QED) is 0.393. The second kappa shape index (κ2) is 8.62. The van der Waals surface area contributed by atoms with Gasteiger partial charge in [0.2, 0.25) is 0 Å². The zero-order valence-corrected chi connectivity index (χ0v) is 17.1. The molecule has 0 spiro atoms. The monoisotopic (exact) mass is 460 g/mol. The second-order valence-corrected chi connectivity index (χ2v) is 7.69. The number of hydrogen-bond acceptors (Lipinski definition) is 8. The molecule has 0 saturated carbocycles. The van der Waals surface area contributed by atoms with E-state index < -0.39 is 18.5 Å². The first-order valence-corrected chi connectivity index (χ1v) is 9.96. The molecule has 158 valence electrons. The molecular formula is C20H13ClN2O7S. The lowest BCUT2D eigenvalue weighted by atomic mass is 10.1. The number of aromatic carboxylic acids is 1. The first kappa shape index (κ1) is 20.6. The number of halogens is 1. The van der Waals surface area contributed by atoms with E-state index in [-0.39, 0.29) is 22.3 Å². The molecule has 0 unspecified atom stereocenters. The zero-order valence-electron chi connectivity index (χ0n) is 15.6. The number of aliphatic carboxylic acids is 1. The van der Waals surface area contributed by atoms with Gasteiger partial charge in [0, 0.05) is 0 Å². The predicted molar refractivity (Wildman–Crippen MR) is 111 cm³/mol. The van der Waals surface area contributed by atoms with Gasteiger partial charge in [-0.25, -0.2) is 14.2 Å². The van der Waals surface area contributed by atoms with Gasteiger partial charge in [-0.05, 0) is 45.7 Å². The molecule has 4 rings (SSSR count). The Labute approximate surface area is 183 Å². The molecule has 0 aliphatic heterocycles. The van der Waals surface area contributed by atoms with E-state index in [1.165, 1.54) is 0 Å². The molecule has 2 heterocycles. The average Bonchev–Trinajstić information content (AvgIpc) is 3.34. The van der Waals surface area contributed by atoms with Gasteiger partial charge in [-0.3, -0.25) is 0 Å². The van der Waals surface area contributed by atoms with E-state index in [0.29, 0.717) is 27.2 Å². The number of carboxylic acid groups (broad SMARTS) is 2. The molecule has 0 saturated heterocycles. The standard InChI is InChI=1S/C20H13ClN2O7S/c21-16-17(29-9-15(24)25)19(20(26)27)31-18(16)11-2-1-3-12(7-11)28-8-10-4-5-13-14(6-10)23-30-22-13/h1-7H,8-9H2,(H,24,25)(H,26,27). The molecule has 31 heavy (non-hydrogen) atoms. The van der Waals surface area contributed by atoms with Crippen LogP contribution in [0.1, 0.15) is 15.2 Å². The summed E-state index contributed by atoms with van der Waals surface area (Å²) in [6.07, 6.45) is 0. The summed E-state index contributed by atoms with van der Waals surface area (Å²) in [4.78, 5) is 22.6. The molecular weight excluding hydrogens is 448 g/mol. The fourth-order valence-corrected chi connectivity index (χ4v) is 4.20. The van der Waals surface area contributed by atoms with Crippen molar-refractivity contribution in [2.75, 3.05) is 6.61 Å². The van der Waals surface area contributed by atoms with Gasteiger partial charge in [-0.15, -0.1) is 11.3 Å². The fraction of sp³-hybridized carbons (Fsp3) is 0.100. The normalized spacial score (nSPS) is 10.9. The Bertz CT molecular complexity index is 1280. The van der Waals surface area contributed by atoms with Crippen LogP contribution in [-0.2, 0) is 11.4 Å². The first-order valence-electron chi connectivity index (χ1n) is 8.77. The summed E-state index contributed by atoms with van der Waals surface area (Å²) in [5, 5.41) is 25.8. The van der Waals surface area contributed by atoms with E-state index in [1.807, 2.05) is 6.07 Å². The van der Waals surface area contributed by atoms with Crippen LogP contribution in [0.2, 0.25) is 5.02 Å². The summed E-state index contributed by atoms with van der Waals surface area (Å²) in [5.41, 5.74) is 2.74. The number of thiophene rings is 1. The molecule has 0 atom stereocenters. The minimum absolute atomic E-state index is 0.0322. The molecule has 0 radical (unpaired) electrons. The van der Waals surface area contributed by atoms with E-state index in [4.69, 9.17) is 26.2 Å². The summed E-state index contributed by atoms with van der Waals surface area (Å²) in [5.74, 6) is -2.14. The van der Waals surface area contributed by atoms with Crippen LogP contribution >= 0.6 is 22.9 Å². The highest BCUT2D eigenvalue weighted by molar-refractivity contribution is 7.18. The van der Waals surface area contributed by atoms with Crippen LogP contribution < -0.4 is 9.47 Å². The third kappa shape index (κ3) is 4.44. The van der Waals surface area contributed by atoms with Crippen LogP contribution in [0.3, 0.4) is 0 Å². The molecule has 0 bridgehead atoms. The van der Waals surface area contributed by atoms with Crippen LogP contribution in [0.5, 0.6) is 11.5 Å². The number of carboxylic acids is 2. The van der Waals surface area contributed by atoms with Gasteiger partial charge in [0.1, 0.15) is 28.4 Å². The molecule has 0 fully saturated rings. The van der Waals surface area contributed by atoms with Crippen LogP contribution in [0.25, 0.3) is 21.5 Å². The topological polar surface area (TPSA) is 132 Å². The molecule has 2 aromatic carbocycles. The summed E-state index contributed by atoms with van der Waals surface area (Å²) >= 11 is 7.22. The van der Waals surface area contributed by atoms with Crippen LogP contribution in [-0.4, -0.2) is 39.1 Å². The SMILES string of the molecule is O=C(O)COc1c(C(=O)O)sc(-c2cccc(OCc3ccc4nonc4c3)c2)c1Cl. The molecule has 2 N–H and O–H groups in total. The maximum Gasteiger partial charge on any atom is 0.349 e. The van der Waals surface area contributed by atoms with Crippen molar-refractivity contribution < 1.29 is 33.9 Å². The molecule has 0 aliphatic carbocycles. The Morgan fingerprint density at radius 3 is 2.65 bits per heavy atom. The van der Waals surface area contributed by atoms with Crippen molar-refractivity contribution in [1.29, 1.82) is 0 Å². The minimum Gasteiger partial charge on any atom is -0.489 e.